The molecule has 0 heterocycles. The summed E-state index contributed by atoms with van der Waals surface area (Å²) in [5, 5.41) is 12.1. The smallest absolute Gasteiger partial charge is 0.255 e. The van der Waals surface area contributed by atoms with Crippen LogP contribution in [0.3, 0.4) is 0 Å². The van der Waals surface area contributed by atoms with Gasteiger partial charge in [0, 0.05) is 0 Å². The maximum atomic E-state index is 12.2. The summed E-state index contributed by atoms with van der Waals surface area (Å²) in [5.41, 5.74) is 4.11. The van der Waals surface area contributed by atoms with E-state index in [0.717, 1.165) is 48.8 Å². The van der Waals surface area contributed by atoms with Crippen molar-refractivity contribution in [2.45, 2.75) is 37.1 Å². The average Bonchev–Trinajstić information content (AvgIpc) is 3.13. The molecule has 3 rings (SSSR count). The van der Waals surface area contributed by atoms with Gasteiger partial charge in [-0.1, -0.05) is 67.4 Å². The second-order valence-corrected chi connectivity index (χ2v) is 6.49. The van der Waals surface area contributed by atoms with Crippen LogP contribution in [0.15, 0.2) is 54.6 Å². The van der Waals surface area contributed by atoms with Gasteiger partial charge in [0.05, 0.1) is 11.5 Å². The fourth-order valence-electron chi connectivity index (χ4n) is 3.81. The maximum Gasteiger partial charge on any atom is 0.255 e. The highest BCUT2D eigenvalue weighted by molar-refractivity contribution is 5.86. The van der Waals surface area contributed by atoms with Crippen molar-refractivity contribution in [2.75, 3.05) is 0 Å². The van der Waals surface area contributed by atoms with E-state index < -0.39 is 11.8 Å². The standard InChI is InChI=1S/C20H22N2O3/c23-14-21-20(12-4-5-13-20)17-10-8-16(9-11-17)18(19(24)22-25)15-6-2-1-3-7-15/h1-3,6-11,14,18,25H,4-5,12-13H2,(H,21,23)(H,22,24). The minimum Gasteiger partial charge on any atom is -0.349 e. The van der Waals surface area contributed by atoms with Crippen molar-refractivity contribution in [1.29, 1.82) is 0 Å². The number of nitrogens with one attached hydrogen (secondary N) is 2. The number of hydroxylamine groups is 1. The lowest BCUT2D eigenvalue weighted by molar-refractivity contribution is -0.129. The predicted molar refractivity (Wildman–Crippen MR) is 94.0 cm³/mol. The van der Waals surface area contributed by atoms with Gasteiger partial charge in [0.15, 0.2) is 0 Å². The quantitative estimate of drug-likeness (QED) is 0.430. The van der Waals surface area contributed by atoms with E-state index >= 15 is 0 Å². The van der Waals surface area contributed by atoms with Gasteiger partial charge in [0.1, 0.15) is 0 Å². The number of carbonyl (C=O) groups excluding carboxylic acids is 2. The van der Waals surface area contributed by atoms with Crippen LogP contribution in [0.1, 0.15) is 48.3 Å². The Hall–Kier alpha value is -2.66. The molecule has 130 valence electrons. The molecule has 1 fully saturated rings. The summed E-state index contributed by atoms with van der Waals surface area (Å²) in [5.74, 6) is -1.06. The first-order chi connectivity index (χ1) is 12.2. The Morgan fingerprint density at radius 2 is 1.60 bits per heavy atom. The van der Waals surface area contributed by atoms with E-state index in [1.165, 1.54) is 0 Å². The number of carbonyl (C=O) groups is 2. The van der Waals surface area contributed by atoms with Crippen molar-refractivity contribution >= 4 is 12.3 Å². The van der Waals surface area contributed by atoms with E-state index in [1.807, 2.05) is 54.6 Å². The Morgan fingerprint density at radius 3 is 2.16 bits per heavy atom. The molecule has 2 aromatic carbocycles. The lowest BCUT2D eigenvalue weighted by Crippen LogP contribution is -2.38. The molecule has 1 aliphatic rings. The summed E-state index contributed by atoms with van der Waals surface area (Å²) in [7, 11) is 0. The third-order valence-corrected chi connectivity index (χ3v) is 5.09. The molecule has 1 saturated carbocycles. The highest BCUT2D eigenvalue weighted by Gasteiger charge is 2.35. The maximum absolute atomic E-state index is 12.2. The van der Waals surface area contributed by atoms with Crippen molar-refractivity contribution in [1.82, 2.24) is 10.8 Å². The molecule has 25 heavy (non-hydrogen) atoms. The van der Waals surface area contributed by atoms with Crippen LogP contribution >= 0.6 is 0 Å². The van der Waals surface area contributed by atoms with Crippen LogP contribution in [0.2, 0.25) is 0 Å². The van der Waals surface area contributed by atoms with E-state index in [-0.39, 0.29) is 5.54 Å². The number of benzene rings is 2. The first-order valence-corrected chi connectivity index (χ1v) is 8.51. The van der Waals surface area contributed by atoms with E-state index in [9.17, 15) is 9.59 Å². The number of hydrogen-bond donors (Lipinski definition) is 3. The molecule has 0 aromatic heterocycles. The summed E-state index contributed by atoms with van der Waals surface area (Å²) in [6.07, 6.45) is 4.78. The summed E-state index contributed by atoms with van der Waals surface area (Å²) >= 11 is 0. The molecule has 2 amide bonds. The molecule has 2 aromatic rings. The largest absolute Gasteiger partial charge is 0.349 e. The Labute approximate surface area is 147 Å². The molecule has 5 heteroatoms. The van der Waals surface area contributed by atoms with Gasteiger partial charge >= 0.3 is 0 Å². The summed E-state index contributed by atoms with van der Waals surface area (Å²) in [6, 6.07) is 17.1. The molecular weight excluding hydrogens is 316 g/mol. The topological polar surface area (TPSA) is 78.4 Å². The van der Waals surface area contributed by atoms with Gasteiger partial charge in [-0.3, -0.25) is 14.8 Å². The second-order valence-electron chi connectivity index (χ2n) is 6.49. The lowest BCUT2D eigenvalue weighted by atomic mass is 9.85. The summed E-state index contributed by atoms with van der Waals surface area (Å²) in [4.78, 5) is 23.2. The van der Waals surface area contributed by atoms with Crippen molar-refractivity contribution in [3.8, 4) is 0 Å². The highest BCUT2D eigenvalue weighted by atomic mass is 16.5. The summed E-state index contributed by atoms with van der Waals surface area (Å²) in [6.45, 7) is 0. The number of amides is 2. The molecule has 1 unspecified atom stereocenters. The zero-order valence-electron chi connectivity index (χ0n) is 13.9. The van der Waals surface area contributed by atoms with Crippen LogP contribution in [-0.4, -0.2) is 17.5 Å². The predicted octanol–water partition coefficient (Wildman–Crippen LogP) is 2.84. The third kappa shape index (κ3) is 3.42. The van der Waals surface area contributed by atoms with E-state index in [1.54, 1.807) is 5.48 Å². The van der Waals surface area contributed by atoms with Gasteiger partial charge in [-0.2, -0.15) is 0 Å². The SMILES string of the molecule is O=CNC1(c2ccc(C(C(=O)NO)c3ccccc3)cc2)CCCC1. The Bertz CT molecular complexity index is 722. The highest BCUT2D eigenvalue weighted by Crippen LogP contribution is 2.39. The molecule has 0 radical (unpaired) electrons. The first-order valence-electron chi connectivity index (χ1n) is 8.51. The van der Waals surface area contributed by atoms with E-state index in [4.69, 9.17) is 5.21 Å². The molecular formula is C20H22N2O3. The monoisotopic (exact) mass is 338 g/mol. The zero-order chi connectivity index (χ0) is 17.7. The molecule has 1 atom stereocenters. The average molecular weight is 338 g/mol. The van der Waals surface area contributed by atoms with Crippen LogP contribution in [-0.2, 0) is 15.1 Å². The molecule has 0 bridgehead atoms. The van der Waals surface area contributed by atoms with Crippen LogP contribution in [0.5, 0.6) is 0 Å². The van der Waals surface area contributed by atoms with Crippen LogP contribution < -0.4 is 10.8 Å². The minimum atomic E-state index is -0.584. The molecule has 0 spiro atoms. The van der Waals surface area contributed by atoms with Crippen molar-refractivity contribution < 1.29 is 14.8 Å². The van der Waals surface area contributed by atoms with Gasteiger partial charge in [0.2, 0.25) is 6.41 Å². The normalized spacial score (nSPS) is 16.8. The van der Waals surface area contributed by atoms with Gasteiger partial charge < -0.3 is 5.32 Å². The molecule has 0 aliphatic heterocycles. The van der Waals surface area contributed by atoms with Gasteiger partial charge in [0.25, 0.3) is 5.91 Å². The molecule has 3 N–H and O–H groups in total. The minimum absolute atomic E-state index is 0.304. The third-order valence-electron chi connectivity index (χ3n) is 5.09. The fourth-order valence-corrected chi connectivity index (χ4v) is 3.81. The van der Waals surface area contributed by atoms with Gasteiger partial charge in [-0.25, -0.2) is 5.48 Å². The van der Waals surface area contributed by atoms with Gasteiger partial charge in [-0.15, -0.1) is 0 Å². The number of hydrogen-bond acceptors (Lipinski definition) is 3. The van der Waals surface area contributed by atoms with Crippen molar-refractivity contribution in [2.24, 2.45) is 0 Å². The molecule has 1 aliphatic carbocycles. The molecule has 0 saturated heterocycles. The Kier molecular flexibility index (Phi) is 5.14. The summed E-state index contributed by atoms with van der Waals surface area (Å²) < 4.78 is 0. The number of rotatable bonds is 6. The molecule has 5 nitrogen and oxygen atoms in total. The Balaban J connectivity index is 1.94. The van der Waals surface area contributed by atoms with Crippen LogP contribution in [0, 0.1) is 0 Å². The van der Waals surface area contributed by atoms with Crippen molar-refractivity contribution in [3.05, 3.63) is 71.3 Å². The van der Waals surface area contributed by atoms with Crippen molar-refractivity contribution in [3.63, 3.8) is 0 Å². The Morgan fingerprint density at radius 1 is 1.00 bits per heavy atom. The second kappa shape index (κ2) is 7.49. The van der Waals surface area contributed by atoms with Gasteiger partial charge in [-0.05, 0) is 29.5 Å². The van der Waals surface area contributed by atoms with E-state index in [2.05, 4.69) is 5.32 Å². The lowest BCUT2D eigenvalue weighted by Gasteiger charge is -2.29. The van der Waals surface area contributed by atoms with E-state index in [0.29, 0.717) is 0 Å². The zero-order valence-corrected chi connectivity index (χ0v) is 13.9. The van der Waals surface area contributed by atoms with Crippen LogP contribution in [0.25, 0.3) is 0 Å². The van der Waals surface area contributed by atoms with Crippen LogP contribution in [0.4, 0.5) is 0 Å². The first kappa shape index (κ1) is 17.2. The fraction of sp³-hybridized carbons (Fsp3) is 0.300.